The first-order valence-electron chi connectivity index (χ1n) is 4.55. The summed E-state index contributed by atoms with van der Waals surface area (Å²) in [6.45, 7) is 0. The fraction of sp³-hybridized carbons (Fsp3) is 0.200. The van der Waals surface area contributed by atoms with Crippen molar-refractivity contribution in [2.24, 2.45) is 5.84 Å². The molecule has 0 saturated carbocycles. The Kier molecular flexibility index (Phi) is 7.80. The van der Waals surface area contributed by atoms with Gasteiger partial charge in [0.2, 0.25) is 0 Å². The van der Waals surface area contributed by atoms with Crippen molar-refractivity contribution in [3.05, 3.63) is 35.4 Å². The van der Waals surface area contributed by atoms with Gasteiger partial charge < -0.3 is 10.2 Å². The molecule has 0 aliphatic carbocycles. The predicted molar refractivity (Wildman–Crippen MR) is 62.5 cm³/mol. The molecule has 1 aromatic carbocycles. The first-order chi connectivity index (χ1) is 7.54. The first kappa shape index (κ1) is 16.7. The molecule has 5 N–H and O–H groups in total. The van der Waals surface area contributed by atoms with E-state index in [2.05, 4.69) is 0 Å². The van der Waals surface area contributed by atoms with Crippen LogP contribution in [0.3, 0.4) is 0 Å². The second kappa shape index (κ2) is 7.93. The molecule has 0 aromatic heterocycles. The van der Waals surface area contributed by atoms with Crippen LogP contribution in [0, 0.1) is 0 Å². The first-order valence-corrected chi connectivity index (χ1v) is 4.55. The fourth-order valence-corrected chi connectivity index (χ4v) is 1.22. The normalized spacial score (nSPS) is 11.2. The molecule has 0 bridgehead atoms. The van der Waals surface area contributed by atoms with Crippen molar-refractivity contribution in [1.82, 2.24) is 5.43 Å². The quantitative estimate of drug-likeness (QED) is 0.245. The van der Waals surface area contributed by atoms with E-state index in [0.29, 0.717) is 11.1 Å². The Morgan fingerprint density at radius 2 is 1.82 bits per heavy atom. The number of amides is 1. The van der Waals surface area contributed by atoms with Crippen molar-refractivity contribution < 1.29 is 19.8 Å². The van der Waals surface area contributed by atoms with Crippen LogP contribution >= 0.6 is 0 Å². The van der Waals surface area contributed by atoms with Crippen LogP contribution in [0.4, 0.5) is 0 Å². The average molecular weight is 264 g/mol. The predicted octanol–water partition coefficient (Wildman–Crippen LogP) is -0.850. The summed E-state index contributed by atoms with van der Waals surface area (Å²) in [5.41, 5.74) is 2.75. The summed E-state index contributed by atoms with van der Waals surface area (Å²) in [6, 6.07) is 5.89. The van der Waals surface area contributed by atoms with E-state index in [1.54, 1.807) is 0 Å². The van der Waals surface area contributed by atoms with Crippen molar-refractivity contribution in [2.75, 3.05) is 0 Å². The van der Waals surface area contributed by atoms with Crippen LogP contribution < -0.4 is 11.3 Å². The van der Waals surface area contributed by atoms with Crippen molar-refractivity contribution >= 4 is 63.3 Å². The molecule has 0 saturated heterocycles. The number of benzene rings is 1. The maximum absolute atomic E-state index is 11.1. The van der Waals surface area contributed by atoms with Gasteiger partial charge in [0.1, 0.15) is 0 Å². The molecule has 0 aliphatic rings. The number of hydrogen-bond donors (Lipinski definition) is 4. The zero-order valence-corrected chi connectivity index (χ0v) is 8.38. The van der Waals surface area contributed by atoms with E-state index in [1.165, 1.54) is 24.3 Å². The van der Waals surface area contributed by atoms with Gasteiger partial charge >= 0.3 is 57.4 Å². The molecule has 0 spiro atoms. The summed E-state index contributed by atoms with van der Waals surface area (Å²) in [6.07, 6.45) is -1.45. The number of carboxylic acids is 1. The van der Waals surface area contributed by atoms with Crippen molar-refractivity contribution in [3.63, 3.8) is 0 Å². The zero-order valence-electron chi connectivity index (χ0n) is 8.38. The molecule has 0 heterocycles. The molecule has 0 fully saturated rings. The molecular formula is C10H13KN2O4. The minimum atomic E-state index is -1.09. The van der Waals surface area contributed by atoms with Crippen molar-refractivity contribution in [3.8, 4) is 0 Å². The molecule has 6 nitrogen and oxygen atoms in total. The zero-order chi connectivity index (χ0) is 12.1. The maximum atomic E-state index is 11.1. The van der Waals surface area contributed by atoms with Gasteiger partial charge in [0, 0.05) is 5.56 Å². The number of aliphatic carboxylic acids is 1. The Morgan fingerprint density at radius 1 is 1.29 bits per heavy atom. The van der Waals surface area contributed by atoms with Gasteiger partial charge in [0.25, 0.3) is 5.91 Å². The molecule has 1 amide bonds. The number of carbonyl (C=O) groups excluding carboxylic acids is 1. The molecular weight excluding hydrogens is 251 g/mol. The van der Waals surface area contributed by atoms with E-state index >= 15 is 0 Å². The van der Waals surface area contributed by atoms with Crippen LogP contribution in [-0.2, 0) is 4.79 Å². The standard InChI is InChI=1S/C10H12N2O4.K.H/c11-12-10(16)7-3-1-6(2-4-7)8(13)5-9(14)15;;/h1-4,8,13H,5,11H2,(H,12,16)(H,14,15);;. The summed E-state index contributed by atoms with van der Waals surface area (Å²) < 4.78 is 0. The molecule has 1 unspecified atom stereocenters. The average Bonchev–Trinajstić information content (AvgIpc) is 2.27. The third-order valence-corrected chi connectivity index (χ3v) is 2.06. The van der Waals surface area contributed by atoms with Gasteiger partial charge in [-0.15, -0.1) is 0 Å². The summed E-state index contributed by atoms with van der Waals surface area (Å²) in [4.78, 5) is 21.4. The molecule has 17 heavy (non-hydrogen) atoms. The second-order valence-electron chi connectivity index (χ2n) is 3.21. The van der Waals surface area contributed by atoms with Crippen LogP contribution in [0.5, 0.6) is 0 Å². The van der Waals surface area contributed by atoms with E-state index in [4.69, 9.17) is 10.9 Å². The van der Waals surface area contributed by atoms with E-state index < -0.39 is 18.0 Å². The van der Waals surface area contributed by atoms with Gasteiger partial charge in [0.15, 0.2) is 0 Å². The third kappa shape index (κ3) is 5.26. The molecule has 0 aliphatic heterocycles. The summed E-state index contributed by atoms with van der Waals surface area (Å²) in [7, 11) is 0. The van der Waals surface area contributed by atoms with Crippen LogP contribution in [-0.4, -0.2) is 73.5 Å². The summed E-state index contributed by atoms with van der Waals surface area (Å²) in [5, 5.41) is 18.0. The number of carbonyl (C=O) groups is 2. The number of hydrogen-bond acceptors (Lipinski definition) is 4. The van der Waals surface area contributed by atoms with Crippen LogP contribution in [0.25, 0.3) is 0 Å². The third-order valence-electron chi connectivity index (χ3n) is 2.06. The Hall–Kier alpha value is -0.284. The second-order valence-corrected chi connectivity index (χ2v) is 3.21. The SMILES string of the molecule is NNC(=O)c1ccc(C(O)CC(=O)O)cc1.[KH]. The van der Waals surface area contributed by atoms with E-state index in [9.17, 15) is 14.7 Å². The molecule has 0 radical (unpaired) electrons. The Balaban J connectivity index is 0.00000256. The summed E-state index contributed by atoms with van der Waals surface area (Å²) in [5.74, 6) is 3.41. The Bertz CT molecular complexity index is 394. The van der Waals surface area contributed by atoms with Gasteiger partial charge in [-0.3, -0.25) is 15.0 Å². The summed E-state index contributed by atoms with van der Waals surface area (Å²) >= 11 is 0. The topological polar surface area (TPSA) is 113 Å². The number of rotatable bonds is 4. The van der Waals surface area contributed by atoms with Gasteiger partial charge in [-0.05, 0) is 17.7 Å². The minimum absolute atomic E-state index is 0. The monoisotopic (exact) mass is 264 g/mol. The molecule has 88 valence electrons. The van der Waals surface area contributed by atoms with Gasteiger partial charge in [-0.25, -0.2) is 5.84 Å². The number of nitrogen functional groups attached to an aromatic ring is 1. The van der Waals surface area contributed by atoms with Crippen molar-refractivity contribution in [1.29, 1.82) is 0 Å². The molecule has 1 atom stereocenters. The molecule has 1 aromatic rings. The van der Waals surface area contributed by atoms with Crippen LogP contribution in [0.15, 0.2) is 24.3 Å². The van der Waals surface area contributed by atoms with Gasteiger partial charge in [-0.1, -0.05) is 12.1 Å². The number of aliphatic hydroxyl groups excluding tert-OH is 1. The molecule has 1 rings (SSSR count). The Morgan fingerprint density at radius 3 is 2.24 bits per heavy atom. The fourth-order valence-electron chi connectivity index (χ4n) is 1.22. The van der Waals surface area contributed by atoms with Gasteiger partial charge in [0.05, 0.1) is 12.5 Å². The van der Waals surface area contributed by atoms with E-state index in [-0.39, 0.29) is 57.8 Å². The van der Waals surface area contributed by atoms with Crippen LogP contribution in [0.2, 0.25) is 0 Å². The van der Waals surface area contributed by atoms with Crippen molar-refractivity contribution in [2.45, 2.75) is 12.5 Å². The molecule has 7 heteroatoms. The Labute approximate surface area is 141 Å². The number of aliphatic hydroxyl groups is 1. The van der Waals surface area contributed by atoms with Crippen LogP contribution in [0.1, 0.15) is 28.4 Å². The number of hydrazine groups is 1. The number of carboxylic acid groups (broad SMARTS) is 1. The van der Waals surface area contributed by atoms with E-state index in [0.717, 1.165) is 0 Å². The van der Waals surface area contributed by atoms with E-state index in [1.807, 2.05) is 5.43 Å². The number of nitrogens with one attached hydrogen (secondary N) is 1. The number of nitrogens with two attached hydrogens (primary N) is 1. The van der Waals surface area contributed by atoms with Gasteiger partial charge in [-0.2, -0.15) is 0 Å².